The second kappa shape index (κ2) is 7.65. The lowest BCUT2D eigenvalue weighted by molar-refractivity contribution is -0.161. The summed E-state index contributed by atoms with van der Waals surface area (Å²) in [6.07, 6.45) is 0.975. The number of methoxy groups -OCH3 is 1. The Bertz CT molecular complexity index is 1140. The van der Waals surface area contributed by atoms with Gasteiger partial charge in [-0.2, -0.15) is 13.2 Å². The largest absolute Gasteiger partial charge is 0.496 e. The van der Waals surface area contributed by atoms with Gasteiger partial charge in [-0.05, 0) is 51.3 Å². The number of pyridine rings is 2. The van der Waals surface area contributed by atoms with Crippen LogP contribution in [0.4, 0.5) is 19.0 Å². The number of rotatable bonds is 5. The standard InChI is InChI=1S/C23H26F3N5O/c1-14-10-15(6-9-27-14)29-20-5-3-4-17(30-20)18-12-28-21-11-19(32-2)16(13-31(18)21)22(7-8-22)23(24,25)26/h3-5,11-15,27H,6-10H2,1-2H3,(H,29,30)/t14-,15-/m0/s1. The van der Waals surface area contributed by atoms with Crippen molar-refractivity contribution in [2.24, 2.45) is 0 Å². The van der Waals surface area contributed by atoms with Crippen molar-refractivity contribution in [2.75, 3.05) is 19.0 Å². The molecule has 2 fully saturated rings. The molecule has 3 aromatic heterocycles. The monoisotopic (exact) mass is 445 g/mol. The van der Waals surface area contributed by atoms with Crippen molar-refractivity contribution < 1.29 is 17.9 Å². The zero-order chi connectivity index (χ0) is 22.5. The molecule has 1 saturated carbocycles. The van der Waals surface area contributed by atoms with Gasteiger partial charge in [-0.15, -0.1) is 0 Å². The number of ether oxygens (including phenoxy) is 1. The highest BCUT2D eigenvalue weighted by atomic mass is 19.4. The van der Waals surface area contributed by atoms with Crippen molar-refractivity contribution in [3.05, 3.63) is 42.2 Å². The molecule has 0 radical (unpaired) electrons. The third-order valence-electron chi connectivity index (χ3n) is 6.62. The average Bonchev–Trinajstić information content (AvgIpc) is 3.48. The Balaban J connectivity index is 1.52. The Kier molecular flexibility index (Phi) is 5.03. The van der Waals surface area contributed by atoms with E-state index >= 15 is 0 Å². The molecule has 0 aromatic carbocycles. The Labute approximate surface area is 184 Å². The van der Waals surface area contributed by atoms with Crippen molar-refractivity contribution in [2.45, 2.75) is 56.3 Å². The van der Waals surface area contributed by atoms with Crippen LogP contribution in [0.2, 0.25) is 0 Å². The van der Waals surface area contributed by atoms with Crippen LogP contribution < -0.4 is 15.4 Å². The summed E-state index contributed by atoms with van der Waals surface area (Å²) in [6, 6.07) is 8.01. The molecule has 170 valence electrons. The fraction of sp³-hybridized carbons (Fsp3) is 0.478. The van der Waals surface area contributed by atoms with E-state index in [4.69, 9.17) is 9.72 Å². The van der Waals surface area contributed by atoms with E-state index in [-0.39, 0.29) is 24.2 Å². The summed E-state index contributed by atoms with van der Waals surface area (Å²) in [5.41, 5.74) is 0.112. The van der Waals surface area contributed by atoms with Gasteiger partial charge in [0.15, 0.2) is 0 Å². The lowest BCUT2D eigenvalue weighted by Gasteiger charge is -2.29. The van der Waals surface area contributed by atoms with E-state index in [0.717, 1.165) is 25.2 Å². The zero-order valence-electron chi connectivity index (χ0n) is 18.0. The van der Waals surface area contributed by atoms with Crippen LogP contribution in [-0.2, 0) is 5.41 Å². The van der Waals surface area contributed by atoms with E-state index < -0.39 is 11.6 Å². The number of imidazole rings is 1. The fourth-order valence-electron chi connectivity index (χ4n) is 4.68. The SMILES string of the molecule is COc1cc2ncc(-c3cccc(N[C@H]4CCN[C@@H](C)C4)n3)n2cc1C1(C(F)(F)F)CC1. The van der Waals surface area contributed by atoms with E-state index in [1.165, 1.54) is 13.3 Å². The first-order chi connectivity index (χ1) is 15.3. The quantitative estimate of drug-likeness (QED) is 0.603. The molecule has 1 saturated heterocycles. The molecule has 0 unspecified atom stereocenters. The van der Waals surface area contributed by atoms with Crippen LogP contribution >= 0.6 is 0 Å². The highest BCUT2D eigenvalue weighted by Crippen LogP contribution is 2.60. The molecular formula is C23H26F3N5O. The Morgan fingerprint density at radius 1 is 1.28 bits per heavy atom. The number of piperidine rings is 1. The molecule has 1 aliphatic carbocycles. The Morgan fingerprint density at radius 2 is 2.09 bits per heavy atom. The highest BCUT2D eigenvalue weighted by Gasteiger charge is 2.65. The topological polar surface area (TPSA) is 63.5 Å². The van der Waals surface area contributed by atoms with Crippen LogP contribution in [0.1, 0.15) is 38.2 Å². The summed E-state index contributed by atoms with van der Waals surface area (Å²) in [7, 11) is 1.39. The third kappa shape index (κ3) is 3.58. The maximum atomic E-state index is 13.8. The minimum atomic E-state index is -4.33. The first-order valence-corrected chi connectivity index (χ1v) is 10.9. The number of halogens is 3. The van der Waals surface area contributed by atoms with Crippen molar-refractivity contribution in [1.82, 2.24) is 19.7 Å². The molecule has 0 spiro atoms. The molecule has 2 atom stereocenters. The lowest BCUT2D eigenvalue weighted by Crippen LogP contribution is -2.41. The third-order valence-corrected chi connectivity index (χ3v) is 6.62. The number of hydrogen-bond donors (Lipinski definition) is 2. The molecule has 2 aliphatic rings. The summed E-state index contributed by atoms with van der Waals surface area (Å²) in [6.45, 7) is 3.12. The minimum Gasteiger partial charge on any atom is -0.496 e. The molecule has 9 heteroatoms. The summed E-state index contributed by atoms with van der Waals surface area (Å²) in [5.74, 6) is 0.965. The molecule has 2 N–H and O–H groups in total. The normalized spacial score (nSPS) is 22.7. The van der Waals surface area contributed by atoms with Gasteiger partial charge in [0.05, 0.1) is 30.1 Å². The predicted molar refractivity (Wildman–Crippen MR) is 116 cm³/mol. The predicted octanol–water partition coefficient (Wildman–Crippen LogP) is 4.55. The van der Waals surface area contributed by atoms with Gasteiger partial charge in [-0.25, -0.2) is 9.97 Å². The van der Waals surface area contributed by atoms with Crippen LogP contribution in [0.15, 0.2) is 36.7 Å². The number of fused-ring (bicyclic) bond motifs is 1. The number of hydrogen-bond acceptors (Lipinski definition) is 5. The van der Waals surface area contributed by atoms with Gasteiger partial charge in [0.1, 0.15) is 17.2 Å². The van der Waals surface area contributed by atoms with Gasteiger partial charge in [0.2, 0.25) is 0 Å². The van der Waals surface area contributed by atoms with E-state index in [9.17, 15) is 13.2 Å². The molecule has 5 rings (SSSR count). The van der Waals surface area contributed by atoms with Crippen molar-refractivity contribution in [1.29, 1.82) is 0 Å². The number of alkyl halides is 3. The summed E-state index contributed by atoms with van der Waals surface area (Å²) >= 11 is 0. The highest BCUT2D eigenvalue weighted by molar-refractivity contribution is 5.64. The molecule has 32 heavy (non-hydrogen) atoms. The number of nitrogens with one attached hydrogen (secondary N) is 2. The average molecular weight is 445 g/mol. The fourth-order valence-corrected chi connectivity index (χ4v) is 4.68. The second-order valence-electron chi connectivity index (χ2n) is 8.84. The molecule has 0 amide bonds. The van der Waals surface area contributed by atoms with Gasteiger partial charge >= 0.3 is 6.18 Å². The van der Waals surface area contributed by atoms with E-state index in [2.05, 4.69) is 22.5 Å². The van der Waals surface area contributed by atoms with Gasteiger partial charge < -0.3 is 15.4 Å². The summed E-state index contributed by atoms with van der Waals surface area (Å²) in [5, 5.41) is 6.93. The number of aromatic nitrogens is 3. The molecule has 6 nitrogen and oxygen atoms in total. The molecule has 1 aliphatic heterocycles. The summed E-state index contributed by atoms with van der Waals surface area (Å²) < 4.78 is 48.5. The van der Waals surface area contributed by atoms with Gasteiger partial charge in [0, 0.05) is 29.9 Å². The van der Waals surface area contributed by atoms with Crippen LogP contribution in [-0.4, -0.2) is 46.3 Å². The van der Waals surface area contributed by atoms with Gasteiger partial charge in [0.25, 0.3) is 0 Å². The Hall–Kier alpha value is -2.81. The maximum absolute atomic E-state index is 13.8. The van der Waals surface area contributed by atoms with E-state index in [1.54, 1.807) is 16.7 Å². The van der Waals surface area contributed by atoms with Crippen LogP contribution in [0.3, 0.4) is 0 Å². The van der Waals surface area contributed by atoms with Crippen molar-refractivity contribution >= 4 is 11.5 Å². The van der Waals surface area contributed by atoms with Crippen LogP contribution in [0.5, 0.6) is 5.75 Å². The smallest absolute Gasteiger partial charge is 0.398 e. The lowest BCUT2D eigenvalue weighted by atomic mass is 9.96. The Morgan fingerprint density at radius 3 is 2.78 bits per heavy atom. The zero-order valence-corrected chi connectivity index (χ0v) is 18.0. The first-order valence-electron chi connectivity index (χ1n) is 10.9. The van der Waals surface area contributed by atoms with E-state index in [0.29, 0.717) is 29.1 Å². The molecule has 0 bridgehead atoms. The summed E-state index contributed by atoms with van der Waals surface area (Å²) in [4.78, 5) is 9.14. The minimum absolute atomic E-state index is 0.0642. The van der Waals surface area contributed by atoms with Gasteiger partial charge in [-0.3, -0.25) is 4.40 Å². The molecular weight excluding hydrogens is 419 g/mol. The molecule has 3 aromatic rings. The molecule has 4 heterocycles. The second-order valence-corrected chi connectivity index (χ2v) is 8.84. The van der Waals surface area contributed by atoms with Gasteiger partial charge in [-0.1, -0.05) is 6.07 Å². The van der Waals surface area contributed by atoms with Crippen LogP contribution in [0.25, 0.3) is 17.0 Å². The number of anilines is 1. The number of nitrogens with zero attached hydrogens (tertiary/aromatic N) is 3. The van der Waals surface area contributed by atoms with E-state index in [1.807, 2.05) is 18.2 Å². The van der Waals surface area contributed by atoms with Crippen molar-refractivity contribution in [3.63, 3.8) is 0 Å². The maximum Gasteiger partial charge on any atom is 0.398 e. The van der Waals surface area contributed by atoms with Crippen LogP contribution in [0, 0.1) is 0 Å². The first kappa shape index (κ1) is 21.1. The van der Waals surface area contributed by atoms with Crippen molar-refractivity contribution in [3.8, 4) is 17.1 Å².